The van der Waals surface area contributed by atoms with E-state index in [1.54, 1.807) is 12.1 Å². The summed E-state index contributed by atoms with van der Waals surface area (Å²) in [6.07, 6.45) is 1.63. The van der Waals surface area contributed by atoms with Crippen LogP contribution >= 0.6 is 0 Å². The highest BCUT2D eigenvalue weighted by Crippen LogP contribution is 2.31. The summed E-state index contributed by atoms with van der Waals surface area (Å²) in [6.45, 7) is 0. The first-order valence-electron chi connectivity index (χ1n) is 10.0. The van der Waals surface area contributed by atoms with E-state index in [1.165, 1.54) is 41.2 Å². The van der Waals surface area contributed by atoms with Crippen LogP contribution in [0.5, 0.6) is 0 Å². The quantitative estimate of drug-likeness (QED) is 0.490. The molecule has 0 spiro atoms. The van der Waals surface area contributed by atoms with E-state index in [-0.39, 0.29) is 28.9 Å². The Bertz CT molecular complexity index is 1510. The number of aromatic nitrogens is 3. The molecule has 3 aromatic rings. The van der Waals surface area contributed by atoms with Crippen LogP contribution in [0.1, 0.15) is 33.6 Å². The minimum atomic E-state index is -3.90. The van der Waals surface area contributed by atoms with Crippen LogP contribution in [0.25, 0.3) is 16.9 Å². The van der Waals surface area contributed by atoms with Crippen molar-refractivity contribution >= 4 is 33.7 Å². The third kappa shape index (κ3) is 3.56. The summed E-state index contributed by atoms with van der Waals surface area (Å²) in [5, 5.41) is 15.4. The molecule has 1 saturated heterocycles. The molecule has 1 atom stereocenters. The number of imide groups is 2. The third-order valence-corrected chi connectivity index (χ3v) is 6.55. The number of benzene rings is 2. The van der Waals surface area contributed by atoms with Gasteiger partial charge in [-0.25, -0.2) is 18.2 Å². The number of nitrogens with zero attached hydrogens (tertiary/aromatic N) is 4. The first-order chi connectivity index (χ1) is 16.1. The van der Waals surface area contributed by atoms with Crippen LogP contribution < -0.4 is 10.5 Å². The van der Waals surface area contributed by atoms with E-state index in [0.717, 1.165) is 4.90 Å². The summed E-state index contributed by atoms with van der Waals surface area (Å²) < 4.78 is 24.6. The fraction of sp³-hybridized carbons (Fsp3) is 0.143. The summed E-state index contributed by atoms with van der Waals surface area (Å²) in [4.78, 5) is 50.3. The van der Waals surface area contributed by atoms with Gasteiger partial charge < -0.3 is 0 Å². The van der Waals surface area contributed by atoms with Gasteiger partial charge in [-0.2, -0.15) is 0 Å². The van der Waals surface area contributed by atoms with Gasteiger partial charge in [-0.1, -0.05) is 17.3 Å². The van der Waals surface area contributed by atoms with E-state index in [9.17, 15) is 27.6 Å². The summed E-state index contributed by atoms with van der Waals surface area (Å²) in [7, 11) is -3.90. The molecule has 2 aliphatic heterocycles. The third-order valence-electron chi connectivity index (χ3n) is 5.64. The highest BCUT2D eigenvalue weighted by atomic mass is 32.2. The predicted octanol–water partition coefficient (Wildman–Crippen LogP) is -0.0171. The van der Waals surface area contributed by atoms with Crippen LogP contribution in [0.4, 0.5) is 0 Å². The minimum Gasteiger partial charge on any atom is -0.295 e. The molecule has 3 heterocycles. The molecule has 12 nitrogen and oxygen atoms in total. The number of rotatable bonds is 4. The molecule has 1 aromatic heterocycles. The molecule has 0 radical (unpaired) electrons. The Morgan fingerprint density at radius 3 is 2.50 bits per heavy atom. The predicted molar refractivity (Wildman–Crippen MR) is 115 cm³/mol. The van der Waals surface area contributed by atoms with Crippen molar-refractivity contribution in [3.05, 3.63) is 59.8 Å². The Kier molecular flexibility index (Phi) is 4.88. The van der Waals surface area contributed by atoms with Crippen molar-refractivity contribution in [2.75, 3.05) is 0 Å². The van der Waals surface area contributed by atoms with Crippen molar-refractivity contribution in [3.63, 3.8) is 0 Å². The SMILES string of the molecule is NS(=O)(=O)c1cccc(-n2cc(-c3ccc4c(c3)C(=O)N(C3CCC(=O)NC3=O)C4=O)nn2)c1. The number of amides is 4. The fourth-order valence-corrected chi connectivity index (χ4v) is 4.51. The van der Waals surface area contributed by atoms with Crippen molar-refractivity contribution < 1.29 is 27.6 Å². The summed E-state index contributed by atoms with van der Waals surface area (Å²) in [5.41, 5.74) is 1.51. The van der Waals surface area contributed by atoms with Gasteiger partial charge in [0.2, 0.25) is 21.8 Å². The number of nitrogens with two attached hydrogens (primary N) is 1. The van der Waals surface area contributed by atoms with Gasteiger partial charge in [-0.15, -0.1) is 5.10 Å². The Morgan fingerprint density at radius 1 is 1.00 bits per heavy atom. The highest BCUT2D eigenvalue weighted by Gasteiger charge is 2.44. The smallest absolute Gasteiger partial charge is 0.262 e. The molecule has 1 fully saturated rings. The lowest BCUT2D eigenvalue weighted by molar-refractivity contribution is -0.136. The molecule has 34 heavy (non-hydrogen) atoms. The molecule has 172 valence electrons. The van der Waals surface area contributed by atoms with Gasteiger partial charge >= 0.3 is 0 Å². The second-order valence-electron chi connectivity index (χ2n) is 7.80. The molecule has 1 unspecified atom stereocenters. The number of piperidine rings is 1. The van der Waals surface area contributed by atoms with E-state index >= 15 is 0 Å². The highest BCUT2D eigenvalue weighted by molar-refractivity contribution is 7.89. The Morgan fingerprint density at radius 2 is 1.76 bits per heavy atom. The van der Waals surface area contributed by atoms with E-state index in [2.05, 4.69) is 15.6 Å². The second kappa shape index (κ2) is 7.67. The minimum absolute atomic E-state index is 0.0326. The second-order valence-corrected chi connectivity index (χ2v) is 9.36. The summed E-state index contributed by atoms with van der Waals surface area (Å²) >= 11 is 0. The van der Waals surface area contributed by atoms with Crippen molar-refractivity contribution in [1.82, 2.24) is 25.2 Å². The van der Waals surface area contributed by atoms with Crippen LogP contribution in [-0.4, -0.2) is 58.0 Å². The number of carbonyl (C=O) groups is 4. The molecule has 13 heteroatoms. The number of sulfonamides is 1. The molecular formula is C21H16N6O6S. The topological polar surface area (TPSA) is 174 Å². The first-order valence-corrected chi connectivity index (χ1v) is 11.6. The lowest BCUT2D eigenvalue weighted by Crippen LogP contribution is -2.54. The zero-order valence-corrected chi connectivity index (χ0v) is 18.2. The van der Waals surface area contributed by atoms with Gasteiger partial charge in [0.25, 0.3) is 11.8 Å². The zero-order chi connectivity index (χ0) is 24.2. The molecule has 0 aliphatic carbocycles. The Hall–Kier alpha value is -4.23. The van der Waals surface area contributed by atoms with E-state index in [0.29, 0.717) is 16.9 Å². The number of fused-ring (bicyclic) bond motifs is 1. The van der Waals surface area contributed by atoms with Gasteiger partial charge in [-0.05, 0) is 36.8 Å². The number of carbonyl (C=O) groups excluding carboxylic acids is 4. The lowest BCUT2D eigenvalue weighted by Gasteiger charge is -2.27. The van der Waals surface area contributed by atoms with Crippen LogP contribution in [-0.2, 0) is 19.6 Å². The summed E-state index contributed by atoms with van der Waals surface area (Å²) in [6, 6.07) is 9.32. The molecule has 2 aromatic carbocycles. The number of primary sulfonamides is 1. The zero-order valence-electron chi connectivity index (χ0n) is 17.3. The van der Waals surface area contributed by atoms with E-state index in [4.69, 9.17) is 5.14 Å². The largest absolute Gasteiger partial charge is 0.295 e. The molecule has 5 rings (SSSR count). The van der Waals surface area contributed by atoms with Crippen LogP contribution in [0, 0.1) is 0 Å². The standard InChI is InChI=1S/C21H16N6O6S/c22-34(32,33)13-3-1-2-12(9-13)26-10-16(24-25-26)11-4-5-14-15(8-11)21(31)27(20(14)30)17-6-7-18(28)23-19(17)29/h1-5,8-10,17H,6-7H2,(H2,22,32,33)(H,23,28,29). The van der Waals surface area contributed by atoms with Crippen LogP contribution in [0.15, 0.2) is 53.6 Å². The number of hydrogen-bond donors (Lipinski definition) is 2. The average molecular weight is 480 g/mol. The molecule has 4 amide bonds. The lowest BCUT2D eigenvalue weighted by atomic mass is 10.0. The molecule has 0 bridgehead atoms. The van der Waals surface area contributed by atoms with Gasteiger partial charge in [-0.3, -0.25) is 29.4 Å². The molecule has 2 aliphatic rings. The van der Waals surface area contributed by atoms with E-state index < -0.39 is 39.7 Å². The van der Waals surface area contributed by atoms with Crippen molar-refractivity contribution in [2.45, 2.75) is 23.8 Å². The number of nitrogens with one attached hydrogen (secondary N) is 1. The first kappa shape index (κ1) is 21.6. The maximum atomic E-state index is 13.0. The average Bonchev–Trinajstić information content (AvgIpc) is 3.38. The van der Waals surface area contributed by atoms with Gasteiger partial charge in [0.05, 0.1) is 27.9 Å². The monoisotopic (exact) mass is 480 g/mol. The maximum Gasteiger partial charge on any atom is 0.262 e. The molecule has 3 N–H and O–H groups in total. The number of hydrogen-bond acceptors (Lipinski definition) is 8. The van der Waals surface area contributed by atoms with Gasteiger partial charge in [0.1, 0.15) is 11.7 Å². The van der Waals surface area contributed by atoms with Crippen molar-refractivity contribution in [1.29, 1.82) is 0 Å². The van der Waals surface area contributed by atoms with Crippen molar-refractivity contribution in [2.24, 2.45) is 5.14 Å². The summed E-state index contributed by atoms with van der Waals surface area (Å²) in [5.74, 6) is -2.37. The van der Waals surface area contributed by atoms with Crippen LogP contribution in [0.2, 0.25) is 0 Å². The van der Waals surface area contributed by atoms with Gasteiger partial charge in [0.15, 0.2) is 0 Å². The fourth-order valence-electron chi connectivity index (χ4n) is 3.96. The molecule has 0 saturated carbocycles. The maximum absolute atomic E-state index is 13.0. The normalized spacial score (nSPS) is 18.3. The molecular weight excluding hydrogens is 464 g/mol. The Labute approximate surface area is 192 Å². The van der Waals surface area contributed by atoms with Crippen LogP contribution in [0.3, 0.4) is 0 Å². The Balaban J connectivity index is 1.45. The van der Waals surface area contributed by atoms with Crippen molar-refractivity contribution in [3.8, 4) is 16.9 Å². The van der Waals surface area contributed by atoms with Gasteiger partial charge in [0, 0.05) is 12.0 Å². The van der Waals surface area contributed by atoms with E-state index in [1.807, 2.05) is 0 Å².